The minimum Gasteiger partial charge on any atom is -0.487 e. The third-order valence-corrected chi connectivity index (χ3v) is 4.19. The van der Waals surface area contributed by atoms with Gasteiger partial charge in [0.15, 0.2) is 0 Å². The van der Waals surface area contributed by atoms with Crippen molar-refractivity contribution in [1.29, 1.82) is 0 Å². The number of hydrogen-bond donors (Lipinski definition) is 2. The van der Waals surface area contributed by atoms with Crippen LogP contribution in [0.5, 0.6) is 5.75 Å². The fourth-order valence-electron chi connectivity index (χ4n) is 2.57. The quantitative estimate of drug-likeness (QED) is 0.635. The van der Waals surface area contributed by atoms with E-state index in [2.05, 4.69) is 4.98 Å². The zero-order valence-corrected chi connectivity index (χ0v) is 14.7. The monoisotopic (exact) mass is 393 g/mol. The molecule has 0 aliphatic carbocycles. The Balaban J connectivity index is 1.62. The topological polar surface area (TPSA) is 75.7 Å². The van der Waals surface area contributed by atoms with Gasteiger partial charge in [-0.25, -0.2) is 4.98 Å². The molecule has 0 aliphatic heterocycles. The lowest BCUT2D eigenvalue weighted by Gasteiger charge is -2.12. The minimum atomic E-state index is -4.39. The van der Waals surface area contributed by atoms with Crippen LogP contribution in [0.25, 0.3) is 11.5 Å². The molecular weight excluding hydrogens is 375 g/mol. The Morgan fingerprint density at radius 3 is 2.18 bits per heavy atom. The molecule has 1 heterocycles. The van der Waals surface area contributed by atoms with Gasteiger partial charge in [-0.3, -0.25) is 0 Å². The van der Waals surface area contributed by atoms with Gasteiger partial charge in [-0.2, -0.15) is 13.2 Å². The van der Waals surface area contributed by atoms with Crippen molar-refractivity contribution in [3.05, 3.63) is 71.6 Å². The van der Waals surface area contributed by atoms with Gasteiger partial charge in [-0.1, -0.05) is 12.1 Å². The maximum Gasteiger partial charge on any atom is 0.416 e. The first-order valence-corrected chi connectivity index (χ1v) is 8.47. The number of rotatable bonds is 7. The van der Waals surface area contributed by atoms with E-state index in [1.807, 2.05) is 0 Å². The van der Waals surface area contributed by atoms with Crippen LogP contribution in [0.3, 0.4) is 0 Å². The first kappa shape index (κ1) is 19.9. The van der Waals surface area contributed by atoms with Crippen molar-refractivity contribution in [1.82, 2.24) is 4.98 Å². The Kier molecular flexibility index (Phi) is 6.01. The van der Waals surface area contributed by atoms with Gasteiger partial charge in [0.25, 0.3) is 0 Å². The molecule has 0 fully saturated rings. The van der Waals surface area contributed by atoms with Crippen molar-refractivity contribution in [2.45, 2.75) is 18.7 Å². The molecule has 0 saturated heterocycles. The van der Waals surface area contributed by atoms with E-state index >= 15 is 0 Å². The lowest BCUT2D eigenvalue weighted by atomic mass is 10.0. The summed E-state index contributed by atoms with van der Waals surface area (Å²) >= 11 is 0. The van der Waals surface area contributed by atoms with Gasteiger partial charge in [-0.15, -0.1) is 0 Å². The summed E-state index contributed by atoms with van der Waals surface area (Å²) in [6.07, 6.45) is -3.01. The molecule has 8 heteroatoms. The van der Waals surface area contributed by atoms with Crippen molar-refractivity contribution < 1.29 is 32.5 Å². The average molecular weight is 393 g/mol. The second-order valence-corrected chi connectivity index (χ2v) is 6.14. The van der Waals surface area contributed by atoms with Crippen LogP contribution in [0.1, 0.15) is 22.7 Å². The number of oxazole rings is 1. The fraction of sp³-hybridized carbons (Fsp3) is 0.250. The van der Waals surface area contributed by atoms with E-state index in [0.717, 1.165) is 17.7 Å². The van der Waals surface area contributed by atoms with E-state index in [4.69, 9.17) is 9.15 Å². The number of aromatic nitrogens is 1. The summed E-state index contributed by atoms with van der Waals surface area (Å²) in [6.45, 7) is -0.183. The Morgan fingerprint density at radius 2 is 1.61 bits per heavy atom. The van der Waals surface area contributed by atoms with Crippen molar-refractivity contribution in [3.8, 4) is 17.2 Å². The van der Waals surface area contributed by atoms with Gasteiger partial charge in [0.2, 0.25) is 5.89 Å². The molecular formula is C20H18F3NO4. The number of aliphatic hydroxyl groups excluding tert-OH is 2. The third kappa shape index (κ3) is 4.71. The molecule has 1 aromatic heterocycles. The SMILES string of the molecule is OCC(CO)c1ccc(OCc2coc(-c3ccc(C(F)(F)F)cc3)n2)cc1. The molecule has 0 amide bonds. The van der Waals surface area contributed by atoms with E-state index in [9.17, 15) is 23.4 Å². The molecule has 0 atom stereocenters. The van der Waals surface area contributed by atoms with E-state index in [-0.39, 0.29) is 31.6 Å². The summed E-state index contributed by atoms with van der Waals surface area (Å²) in [7, 11) is 0. The van der Waals surface area contributed by atoms with Gasteiger partial charge in [-0.05, 0) is 42.0 Å². The highest BCUT2D eigenvalue weighted by molar-refractivity contribution is 5.54. The van der Waals surface area contributed by atoms with Crippen molar-refractivity contribution in [2.24, 2.45) is 0 Å². The van der Waals surface area contributed by atoms with Crippen molar-refractivity contribution in [2.75, 3.05) is 13.2 Å². The summed E-state index contributed by atoms with van der Waals surface area (Å²) in [5.41, 5.74) is 0.980. The summed E-state index contributed by atoms with van der Waals surface area (Å²) < 4.78 is 48.8. The van der Waals surface area contributed by atoms with Gasteiger partial charge in [0, 0.05) is 11.5 Å². The van der Waals surface area contributed by atoms with E-state index in [1.54, 1.807) is 24.3 Å². The number of ether oxygens (including phenoxy) is 1. The van der Waals surface area contributed by atoms with Gasteiger partial charge in [0.1, 0.15) is 24.3 Å². The zero-order chi connectivity index (χ0) is 20.1. The number of alkyl halides is 3. The molecule has 2 aromatic carbocycles. The second kappa shape index (κ2) is 8.45. The Labute approximate surface area is 159 Å². The molecule has 5 nitrogen and oxygen atoms in total. The molecule has 0 unspecified atom stereocenters. The average Bonchev–Trinajstić information content (AvgIpc) is 3.17. The molecule has 0 aliphatic rings. The van der Waals surface area contributed by atoms with Gasteiger partial charge in [0.05, 0.1) is 18.8 Å². The molecule has 0 radical (unpaired) electrons. The highest BCUT2D eigenvalue weighted by Gasteiger charge is 2.30. The molecule has 0 spiro atoms. The standard InChI is InChI=1S/C20H18F3NO4/c21-20(22,23)16-5-1-14(2-6-16)19-24-17(12-28-19)11-27-18-7-3-13(4-8-18)15(9-25)10-26/h1-8,12,15,25-26H,9-11H2. The van der Waals surface area contributed by atoms with Crippen LogP contribution < -0.4 is 4.74 Å². The molecule has 0 bridgehead atoms. The summed E-state index contributed by atoms with van der Waals surface area (Å²) in [4.78, 5) is 4.22. The number of aliphatic hydroxyl groups is 2. The highest BCUT2D eigenvalue weighted by Crippen LogP contribution is 2.31. The Bertz CT molecular complexity index is 885. The van der Waals surface area contributed by atoms with Crippen LogP contribution >= 0.6 is 0 Å². The molecule has 3 rings (SSSR count). The number of hydrogen-bond acceptors (Lipinski definition) is 5. The van der Waals surface area contributed by atoms with E-state index in [1.165, 1.54) is 18.4 Å². The predicted molar refractivity (Wildman–Crippen MR) is 94.6 cm³/mol. The maximum atomic E-state index is 12.6. The fourth-order valence-corrected chi connectivity index (χ4v) is 2.57. The summed E-state index contributed by atoms with van der Waals surface area (Å²) in [6, 6.07) is 11.5. The molecule has 0 saturated carbocycles. The zero-order valence-electron chi connectivity index (χ0n) is 14.7. The summed E-state index contributed by atoms with van der Waals surface area (Å²) in [5.74, 6) is 0.435. The van der Waals surface area contributed by atoms with Gasteiger partial charge < -0.3 is 19.4 Å². The van der Waals surface area contributed by atoms with E-state index < -0.39 is 11.7 Å². The van der Waals surface area contributed by atoms with E-state index in [0.29, 0.717) is 17.0 Å². The predicted octanol–water partition coefficient (Wildman–Crippen LogP) is 4.01. The maximum absolute atomic E-state index is 12.6. The van der Waals surface area contributed by atoms with Crippen LogP contribution in [0.2, 0.25) is 0 Å². The Morgan fingerprint density at radius 1 is 0.964 bits per heavy atom. The lowest BCUT2D eigenvalue weighted by molar-refractivity contribution is -0.137. The first-order chi connectivity index (χ1) is 13.4. The minimum absolute atomic E-state index is 0.118. The second-order valence-electron chi connectivity index (χ2n) is 6.14. The number of halogens is 3. The lowest BCUT2D eigenvalue weighted by Crippen LogP contribution is -2.08. The van der Waals surface area contributed by atoms with Crippen LogP contribution in [-0.4, -0.2) is 28.4 Å². The van der Waals surface area contributed by atoms with Crippen LogP contribution in [0, 0.1) is 0 Å². The number of nitrogens with zero attached hydrogens (tertiary/aromatic N) is 1. The molecule has 2 N–H and O–H groups in total. The number of benzene rings is 2. The normalized spacial score (nSPS) is 11.8. The van der Waals surface area contributed by atoms with Crippen LogP contribution in [0.4, 0.5) is 13.2 Å². The first-order valence-electron chi connectivity index (χ1n) is 8.47. The van der Waals surface area contributed by atoms with Gasteiger partial charge >= 0.3 is 6.18 Å². The summed E-state index contributed by atoms with van der Waals surface area (Å²) in [5, 5.41) is 18.4. The molecule has 3 aromatic rings. The van der Waals surface area contributed by atoms with Crippen molar-refractivity contribution in [3.63, 3.8) is 0 Å². The largest absolute Gasteiger partial charge is 0.487 e. The third-order valence-electron chi connectivity index (χ3n) is 4.19. The smallest absolute Gasteiger partial charge is 0.416 e. The van der Waals surface area contributed by atoms with Crippen molar-refractivity contribution >= 4 is 0 Å². The molecule has 148 valence electrons. The highest BCUT2D eigenvalue weighted by atomic mass is 19.4. The van der Waals surface area contributed by atoms with Crippen LogP contribution in [-0.2, 0) is 12.8 Å². The Hall–Kier alpha value is -2.84. The molecule has 28 heavy (non-hydrogen) atoms. The van der Waals surface area contributed by atoms with Crippen LogP contribution in [0.15, 0.2) is 59.2 Å².